The number of nitrogens with one attached hydrogen (secondary N) is 1. The fourth-order valence-electron chi connectivity index (χ4n) is 2.41. The Balaban J connectivity index is 1.79. The van der Waals surface area contributed by atoms with Crippen LogP contribution in [0.1, 0.15) is 24.8 Å². The lowest BCUT2D eigenvalue weighted by molar-refractivity contribution is -0.122. The summed E-state index contributed by atoms with van der Waals surface area (Å²) in [5.74, 6) is 0.626. The normalized spacial score (nSPS) is 17.3. The molecule has 5 heteroatoms. The first-order valence-electron chi connectivity index (χ1n) is 7.31. The first-order valence-corrected chi connectivity index (χ1v) is 8.71. The second kappa shape index (κ2) is 7.27. The van der Waals surface area contributed by atoms with Gasteiger partial charge in [0, 0.05) is 6.54 Å². The van der Waals surface area contributed by atoms with E-state index in [1.807, 2.05) is 18.4 Å². The van der Waals surface area contributed by atoms with Crippen molar-refractivity contribution in [1.29, 1.82) is 0 Å². The minimum absolute atomic E-state index is 0.0607. The van der Waals surface area contributed by atoms with Gasteiger partial charge in [0.25, 0.3) is 0 Å². The summed E-state index contributed by atoms with van der Waals surface area (Å²) in [5.41, 5.74) is 7.12. The van der Waals surface area contributed by atoms with Crippen molar-refractivity contribution in [2.45, 2.75) is 31.7 Å². The van der Waals surface area contributed by atoms with Gasteiger partial charge in [-0.25, -0.2) is 4.39 Å². The molecule has 0 bridgehead atoms. The van der Waals surface area contributed by atoms with Crippen LogP contribution in [0.4, 0.5) is 4.39 Å². The van der Waals surface area contributed by atoms with Crippen molar-refractivity contribution in [3.63, 3.8) is 0 Å². The van der Waals surface area contributed by atoms with Gasteiger partial charge in [0.1, 0.15) is 5.82 Å². The van der Waals surface area contributed by atoms with Crippen molar-refractivity contribution in [1.82, 2.24) is 5.32 Å². The van der Waals surface area contributed by atoms with Crippen LogP contribution in [-0.4, -0.2) is 30.5 Å². The molecule has 0 radical (unpaired) electrons. The molecule has 1 atom stereocenters. The molecule has 0 spiro atoms. The van der Waals surface area contributed by atoms with E-state index in [2.05, 4.69) is 5.32 Å². The van der Waals surface area contributed by atoms with Crippen molar-refractivity contribution in [2.75, 3.05) is 18.6 Å². The van der Waals surface area contributed by atoms with Crippen LogP contribution < -0.4 is 11.1 Å². The van der Waals surface area contributed by atoms with Crippen LogP contribution >= 0.6 is 11.8 Å². The Morgan fingerprint density at radius 3 is 2.67 bits per heavy atom. The van der Waals surface area contributed by atoms with Crippen LogP contribution in [-0.2, 0) is 11.2 Å². The van der Waals surface area contributed by atoms with E-state index in [4.69, 9.17) is 5.73 Å². The van der Waals surface area contributed by atoms with Crippen molar-refractivity contribution >= 4 is 17.7 Å². The zero-order chi connectivity index (χ0) is 15.3. The van der Waals surface area contributed by atoms with E-state index in [1.54, 1.807) is 11.8 Å². The number of benzene rings is 1. The van der Waals surface area contributed by atoms with E-state index >= 15 is 0 Å². The number of hydrogen-bond acceptors (Lipinski definition) is 3. The molecule has 0 aliphatic heterocycles. The highest BCUT2D eigenvalue weighted by atomic mass is 32.2. The lowest BCUT2D eigenvalue weighted by Gasteiger charge is -2.18. The maximum atomic E-state index is 12.9. The Labute approximate surface area is 129 Å². The second-order valence-electron chi connectivity index (χ2n) is 5.91. The van der Waals surface area contributed by atoms with Crippen molar-refractivity contribution in [3.8, 4) is 0 Å². The van der Waals surface area contributed by atoms with Crippen LogP contribution in [0.25, 0.3) is 0 Å². The van der Waals surface area contributed by atoms with E-state index in [-0.39, 0.29) is 17.1 Å². The summed E-state index contributed by atoms with van der Waals surface area (Å²) >= 11 is 1.70. The molecule has 0 heterocycles. The monoisotopic (exact) mass is 310 g/mol. The summed E-state index contributed by atoms with van der Waals surface area (Å²) in [7, 11) is 0. The average molecular weight is 310 g/mol. The maximum absolute atomic E-state index is 12.9. The fourth-order valence-corrected chi connectivity index (χ4v) is 2.90. The number of thioether (sulfide) groups is 1. The Kier molecular flexibility index (Phi) is 5.65. The van der Waals surface area contributed by atoms with Gasteiger partial charge in [0.2, 0.25) is 5.91 Å². The predicted molar refractivity (Wildman–Crippen MR) is 85.8 cm³/mol. The highest BCUT2D eigenvalue weighted by Crippen LogP contribution is 2.47. The number of rotatable bonds is 8. The lowest BCUT2D eigenvalue weighted by atomic mass is 9.96. The number of carbonyl (C=O) groups is 1. The average Bonchev–Trinajstić information content (AvgIpc) is 3.25. The Bertz CT molecular complexity index is 474. The Morgan fingerprint density at radius 2 is 2.10 bits per heavy atom. The minimum Gasteiger partial charge on any atom is -0.354 e. The third-order valence-electron chi connectivity index (χ3n) is 4.06. The standard InChI is InChI=1S/C16H23FN2OS/c1-21-9-6-14(18)15(20)19-11-16(7-8-16)10-12-2-4-13(17)5-3-12/h2-5,14H,6-11,18H2,1H3,(H,19,20). The highest BCUT2D eigenvalue weighted by Gasteiger charge is 2.42. The lowest BCUT2D eigenvalue weighted by Crippen LogP contribution is -2.43. The molecule has 3 nitrogen and oxygen atoms in total. The van der Waals surface area contributed by atoms with Gasteiger partial charge in [0.15, 0.2) is 0 Å². The van der Waals surface area contributed by atoms with E-state index in [0.717, 1.165) is 30.6 Å². The van der Waals surface area contributed by atoms with Crippen LogP contribution in [0, 0.1) is 11.2 Å². The van der Waals surface area contributed by atoms with Crippen molar-refractivity contribution in [2.24, 2.45) is 11.1 Å². The first kappa shape index (κ1) is 16.3. The Morgan fingerprint density at radius 1 is 1.43 bits per heavy atom. The predicted octanol–water partition coefficient (Wildman–Crippen LogP) is 2.34. The summed E-state index contributed by atoms with van der Waals surface area (Å²) in [6, 6.07) is 6.20. The van der Waals surface area contributed by atoms with Crippen LogP contribution in [0.2, 0.25) is 0 Å². The van der Waals surface area contributed by atoms with Gasteiger partial charge in [0.05, 0.1) is 6.04 Å². The number of hydrogen-bond donors (Lipinski definition) is 2. The topological polar surface area (TPSA) is 55.1 Å². The van der Waals surface area contributed by atoms with E-state index < -0.39 is 6.04 Å². The van der Waals surface area contributed by atoms with Crippen LogP contribution in [0.3, 0.4) is 0 Å². The molecule has 1 amide bonds. The minimum atomic E-state index is -0.418. The van der Waals surface area contributed by atoms with Crippen molar-refractivity contribution in [3.05, 3.63) is 35.6 Å². The molecule has 1 aliphatic rings. The molecule has 1 saturated carbocycles. The summed E-state index contributed by atoms with van der Waals surface area (Å²) in [4.78, 5) is 11.9. The smallest absolute Gasteiger partial charge is 0.236 e. The molecule has 21 heavy (non-hydrogen) atoms. The molecular formula is C16H23FN2OS. The summed E-state index contributed by atoms with van der Waals surface area (Å²) in [6.07, 6.45) is 5.80. The third-order valence-corrected chi connectivity index (χ3v) is 4.70. The summed E-state index contributed by atoms with van der Waals surface area (Å²) < 4.78 is 12.9. The molecule has 2 rings (SSSR count). The zero-order valence-corrected chi connectivity index (χ0v) is 13.2. The molecule has 0 saturated heterocycles. The van der Waals surface area contributed by atoms with Gasteiger partial charge in [-0.1, -0.05) is 12.1 Å². The van der Waals surface area contributed by atoms with E-state index in [1.165, 1.54) is 12.1 Å². The number of halogens is 1. The van der Waals surface area contributed by atoms with Gasteiger partial charge in [-0.2, -0.15) is 11.8 Å². The molecule has 3 N–H and O–H groups in total. The number of amides is 1. The third kappa shape index (κ3) is 5.00. The maximum Gasteiger partial charge on any atom is 0.236 e. The summed E-state index contributed by atoms with van der Waals surface area (Å²) in [6.45, 7) is 0.663. The molecule has 1 aliphatic carbocycles. The quantitative estimate of drug-likeness (QED) is 0.775. The largest absolute Gasteiger partial charge is 0.354 e. The van der Waals surface area contributed by atoms with Gasteiger partial charge in [-0.05, 0) is 60.8 Å². The van der Waals surface area contributed by atoms with E-state index in [9.17, 15) is 9.18 Å². The van der Waals surface area contributed by atoms with Gasteiger partial charge < -0.3 is 11.1 Å². The molecular weight excluding hydrogens is 287 g/mol. The van der Waals surface area contributed by atoms with Gasteiger partial charge in [-0.15, -0.1) is 0 Å². The van der Waals surface area contributed by atoms with Crippen LogP contribution in [0.5, 0.6) is 0 Å². The highest BCUT2D eigenvalue weighted by molar-refractivity contribution is 7.98. The fraction of sp³-hybridized carbons (Fsp3) is 0.562. The van der Waals surface area contributed by atoms with E-state index in [0.29, 0.717) is 13.0 Å². The first-order chi connectivity index (χ1) is 10.0. The summed E-state index contributed by atoms with van der Waals surface area (Å²) in [5, 5.41) is 2.98. The molecule has 0 aromatic heterocycles. The second-order valence-corrected chi connectivity index (χ2v) is 6.89. The Hall–Kier alpha value is -1.07. The number of nitrogens with two attached hydrogens (primary N) is 1. The number of carbonyl (C=O) groups excluding carboxylic acids is 1. The molecule has 1 aromatic rings. The van der Waals surface area contributed by atoms with Gasteiger partial charge in [-0.3, -0.25) is 4.79 Å². The molecule has 1 fully saturated rings. The molecule has 1 aromatic carbocycles. The molecule has 116 valence electrons. The SMILES string of the molecule is CSCCC(N)C(=O)NCC1(Cc2ccc(F)cc2)CC1. The zero-order valence-electron chi connectivity index (χ0n) is 12.4. The molecule has 1 unspecified atom stereocenters. The van der Waals surface area contributed by atoms with Gasteiger partial charge >= 0.3 is 0 Å². The van der Waals surface area contributed by atoms with Crippen molar-refractivity contribution < 1.29 is 9.18 Å². The van der Waals surface area contributed by atoms with Crippen LogP contribution in [0.15, 0.2) is 24.3 Å².